The van der Waals surface area contributed by atoms with Gasteiger partial charge < -0.3 is 20.1 Å². The first-order valence-electron chi connectivity index (χ1n) is 5.59. The molecule has 96 valence electrons. The summed E-state index contributed by atoms with van der Waals surface area (Å²) in [6.07, 6.45) is 0. The topological polar surface area (TPSA) is 77.5 Å². The highest BCUT2D eigenvalue weighted by Gasteiger charge is 2.24. The maximum atomic E-state index is 11.1. The van der Waals surface area contributed by atoms with Gasteiger partial charge in [0.25, 0.3) is 0 Å². The number of aromatic nitrogens is 1. The second-order valence-electron chi connectivity index (χ2n) is 4.23. The van der Waals surface area contributed by atoms with Crippen LogP contribution in [-0.4, -0.2) is 22.8 Å². The van der Waals surface area contributed by atoms with Gasteiger partial charge in [0.2, 0.25) is 0 Å². The number of ether oxygens (including phenoxy) is 1. The Bertz CT molecular complexity index is 616. The molecule has 0 aliphatic heterocycles. The van der Waals surface area contributed by atoms with Crippen LogP contribution < -0.4 is 10.5 Å². The van der Waals surface area contributed by atoms with Crippen molar-refractivity contribution < 1.29 is 14.6 Å². The molecular weight excluding hydrogens is 232 g/mol. The summed E-state index contributed by atoms with van der Waals surface area (Å²) < 4.78 is 7.22. The van der Waals surface area contributed by atoms with Crippen LogP contribution in [0.15, 0.2) is 18.2 Å². The molecule has 0 saturated heterocycles. The number of carbonyl (C=O) groups is 1. The Balaban J connectivity index is 2.83. The van der Waals surface area contributed by atoms with Crippen molar-refractivity contribution >= 4 is 16.9 Å². The number of carboxylic acids is 1. The largest absolute Gasteiger partial charge is 0.495 e. The SMILES string of the molecule is COc1cccc2c(C(N)C(=O)O)c(C)n(C)c12. The van der Waals surface area contributed by atoms with E-state index in [0.29, 0.717) is 11.3 Å². The second kappa shape index (κ2) is 4.34. The molecule has 1 atom stereocenters. The fraction of sp³-hybridized carbons (Fsp3) is 0.308. The molecule has 0 amide bonds. The number of para-hydroxylation sites is 1. The minimum atomic E-state index is -1.03. The first-order chi connectivity index (χ1) is 8.49. The third kappa shape index (κ3) is 1.64. The monoisotopic (exact) mass is 248 g/mol. The van der Waals surface area contributed by atoms with E-state index in [9.17, 15) is 4.79 Å². The molecule has 1 heterocycles. The van der Waals surface area contributed by atoms with Gasteiger partial charge in [-0.3, -0.25) is 4.79 Å². The van der Waals surface area contributed by atoms with Crippen LogP contribution in [0.4, 0.5) is 0 Å². The predicted molar refractivity (Wildman–Crippen MR) is 68.8 cm³/mol. The number of fused-ring (bicyclic) bond motifs is 1. The predicted octanol–water partition coefficient (Wildman–Crippen LogP) is 1.58. The number of aliphatic carboxylic acids is 1. The minimum absolute atomic E-state index is 0.638. The quantitative estimate of drug-likeness (QED) is 0.864. The van der Waals surface area contributed by atoms with Crippen LogP contribution in [0.1, 0.15) is 17.3 Å². The number of nitrogens with two attached hydrogens (primary N) is 1. The molecule has 0 radical (unpaired) electrons. The van der Waals surface area contributed by atoms with Crippen LogP contribution in [0.25, 0.3) is 10.9 Å². The van der Waals surface area contributed by atoms with Crippen LogP contribution >= 0.6 is 0 Å². The zero-order valence-electron chi connectivity index (χ0n) is 10.6. The Labute approximate surface area is 105 Å². The van der Waals surface area contributed by atoms with E-state index in [2.05, 4.69) is 0 Å². The lowest BCUT2D eigenvalue weighted by molar-refractivity contribution is -0.138. The van der Waals surface area contributed by atoms with Crippen molar-refractivity contribution in [2.24, 2.45) is 12.8 Å². The van der Waals surface area contributed by atoms with Gasteiger partial charge >= 0.3 is 5.97 Å². The molecule has 2 aromatic rings. The van der Waals surface area contributed by atoms with E-state index in [4.69, 9.17) is 15.6 Å². The lowest BCUT2D eigenvalue weighted by Gasteiger charge is -2.07. The Morgan fingerprint density at radius 2 is 2.17 bits per heavy atom. The lowest BCUT2D eigenvalue weighted by Crippen LogP contribution is -2.21. The molecule has 0 fully saturated rings. The molecule has 5 nitrogen and oxygen atoms in total. The van der Waals surface area contributed by atoms with Crippen molar-refractivity contribution in [1.29, 1.82) is 0 Å². The standard InChI is InChI=1S/C13H16N2O3/c1-7-10(11(14)13(16)17)8-5-4-6-9(18-3)12(8)15(7)2/h4-6,11H,14H2,1-3H3,(H,16,17). The Hall–Kier alpha value is -2.01. The fourth-order valence-electron chi connectivity index (χ4n) is 2.31. The molecular formula is C13H16N2O3. The van der Waals surface area contributed by atoms with Crippen molar-refractivity contribution in [2.45, 2.75) is 13.0 Å². The smallest absolute Gasteiger partial charge is 0.325 e. The summed E-state index contributed by atoms with van der Waals surface area (Å²) in [5, 5.41) is 9.91. The summed E-state index contributed by atoms with van der Waals surface area (Å²) in [7, 11) is 3.46. The van der Waals surface area contributed by atoms with E-state index in [0.717, 1.165) is 16.6 Å². The van der Waals surface area contributed by atoms with Gasteiger partial charge in [0.05, 0.1) is 12.6 Å². The summed E-state index contributed by atoms with van der Waals surface area (Å²) in [4.78, 5) is 11.1. The lowest BCUT2D eigenvalue weighted by atomic mass is 10.0. The van der Waals surface area contributed by atoms with E-state index < -0.39 is 12.0 Å². The molecule has 1 aromatic carbocycles. The zero-order chi connectivity index (χ0) is 13.4. The molecule has 18 heavy (non-hydrogen) atoms. The van der Waals surface area contributed by atoms with E-state index >= 15 is 0 Å². The van der Waals surface area contributed by atoms with Gasteiger partial charge in [0, 0.05) is 23.7 Å². The molecule has 0 aliphatic carbocycles. The van der Waals surface area contributed by atoms with Crippen LogP contribution in [0.5, 0.6) is 5.75 Å². The summed E-state index contributed by atoms with van der Waals surface area (Å²) in [6, 6.07) is 4.51. The maximum absolute atomic E-state index is 11.1. The molecule has 3 N–H and O–H groups in total. The van der Waals surface area contributed by atoms with Gasteiger partial charge in [-0.25, -0.2) is 0 Å². The zero-order valence-corrected chi connectivity index (χ0v) is 10.6. The number of rotatable bonds is 3. The third-order valence-corrected chi connectivity index (χ3v) is 3.31. The van der Waals surface area contributed by atoms with Gasteiger partial charge in [0.1, 0.15) is 11.8 Å². The van der Waals surface area contributed by atoms with Gasteiger partial charge in [-0.05, 0) is 13.0 Å². The molecule has 5 heteroatoms. The van der Waals surface area contributed by atoms with Crippen molar-refractivity contribution in [3.63, 3.8) is 0 Å². The molecule has 0 saturated carbocycles. The maximum Gasteiger partial charge on any atom is 0.325 e. The van der Waals surface area contributed by atoms with Crippen molar-refractivity contribution in [2.75, 3.05) is 7.11 Å². The van der Waals surface area contributed by atoms with Gasteiger partial charge in [0.15, 0.2) is 0 Å². The Morgan fingerprint density at radius 3 is 2.72 bits per heavy atom. The summed E-state index contributed by atoms with van der Waals surface area (Å²) in [5.74, 6) is -0.324. The average Bonchev–Trinajstić information content (AvgIpc) is 2.61. The van der Waals surface area contributed by atoms with Crippen LogP contribution in [-0.2, 0) is 11.8 Å². The molecule has 0 aliphatic rings. The number of hydrogen-bond acceptors (Lipinski definition) is 3. The molecule has 2 rings (SSSR count). The fourth-order valence-corrected chi connectivity index (χ4v) is 2.31. The van der Waals surface area contributed by atoms with Crippen molar-refractivity contribution in [3.05, 3.63) is 29.5 Å². The van der Waals surface area contributed by atoms with Gasteiger partial charge in [-0.15, -0.1) is 0 Å². The van der Waals surface area contributed by atoms with Crippen LogP contribution in [0, 0.1) is 6.92 Å². The first kappa shape index (κ1) is 12.4. The number of benzene rings is 1. The molecule has 0 spiro atoms. The van der Waals surface area contributed by atoms with Gasteiger partial charge in [-0.1, -0.05) is 12.1 Å². The first-order valence-corrected chi connectivity index (χ1v) is 5.59. The highest BCUT2D eigenvalue weighted by molar-refractivity contribution is 5.94. The normalized spacial score (nSPS) is 12.7. The number of nitrogens with zero attached hydrogens (tertiary/aromatic N) is 1. The summed E-state index contributed by atoms with van der Waals surface area (Å²) in [5.41, 5.74) is 8.10. The Morgan fingerprint density at radius 1 is 1.50 bits per heavy atom. The van der Waals surface area contributed by atoms with Gasteiger partial charge in [-0.2, -0.15) is 0 Å². The minimum Gasteiger partial charge on any atom is -0.495 e. The highest BCUT2D eigenvalue weighted by atomic mass is 16.5. The highest BCUT2D eigenvalue weighted by Crippen LogP contribution is 2.34. The number of aryl methyl sites for hydroxylation is 1. The molecule has 1 unspecified atom stereocenters. The number of methoxy groups -OCH3 is 1. The summed E-state index contributed by atoms with van der Waals surface area (Å²) in [6.45, 7) is 1.86. The van der Waals surface area contributed by atoms with Crippen LogP contribution in [0.2, 0.25) is 0 Å². The second-order valence-corrected chi connectivity index (χ2v) is 4.23. The van der Waals surface area contributed by atoms with E-state index in [1.54, 1.807) is 7.11 Å². The van der Waals surface area contributed by atoms with E-state index in [-0.39, 0.29) is 0 Å². The summed E-state index contributed by atoms with van der Waals surface area (Å²) >= 11 is 0. The molecule has 1 aromatic heterocycles. The van der Waals surface area contributed by atoms with Crippen molar-refractivity contribution in [3.8, 4) is 5.75 Å². The average molecular weight is 248 g/mol. The van der Waals surface area contributed by atoms with E-state index in [1.165, 1.54) is 0 Å². The molecule has 0 bridgehead atoms. The number of hydrogen-bond donors (Lipinski definition) is 2. The third-order valence-electron chi connectivity index (χ3n) is 3.31. The van der Waals surface area contributed by atoms with E-state index in [1.807, 2.05) is 36.7 Å². The Kier molecular flexibility index (Phi) is 3.00. The van der Waals surface area contributed by atoms with Crippen molar-refractivity contribution in [1.82, 2.24) is 4.57 Å². The number of carboxylic acid groups (broad SMARTS) is 1. The van der Waals surface area contributed by atoms with Crippen LogP contribution in [0.3, 0.4) is 0 Å².